The maximum absolute atomic E-state index is 11.4. The van der Waals surface area contributed by atoms with Crippen molar-refractivity contribution in [1.82, 2.24) is 0 Å². The van der Waals surface area contributed by atoms with Gasteiger partial charge in [0, 0.05) is 5.69 Å². The third-order valence-corrected chi connectivity index (χ3v) is 2.18. The van der Waals surface area contributed by atoms with E-state index in [2.05, 4.69) is 5.32 Å². The van der Waals surface area contributed by atoms with Crippen molar-refractivity contribution < 1.29 is 14.3 Å². The molecule has 84 valence electrons. The Kier molecular flexibility index (Phi) is 3.19. The normalized spacial score (nSPS) is 14.2. The minimum absolute atomic E-state index is 0.0528. The summed E-state index contributed by atoms with van der Waals surface area (Å²) >= 11 is 0. The van der Waals surface area contributed by atoms with Gasteiger partial charge in [0.1, 0.15) is 12.5 Å². The fourth-order valence-corrected chi connectivity index (χ4v) is 1.27. The van der Waals surface area contributed by atoms with Crippen molar-refractivity contribution >= 4 is 17.6 Å². The van der Waals surface area contributed by atoms with Crippen LogP contribution in [-0.4, -0.2) is 18.0 Å². The van der Waals surface area contributed by atoms with E-state index < -0.39 is 5.97 Å². The van der Waals surface area contributed by atoms with E-state index in [1.165, 1.54) is 0 Å². The molecule has 0 aliphatic heterocycles. The number of carbonyl (C=O) groups is 2. The van der Waals surface area contributed by atoms with Gasteiger partial charge < -0.3 is 10.1 Å². The Labute approximate surface area is 93.6 Å². The summed E-state index contributed by atoms with van der Waals surface area (Å²) in [6.45, 7) is 0. The number of amides is 1. The molecule has 0 saturated heterocycles. The lowest BCUT2D eigenvalue weighted by molar-refractivity contribution is -0.146. The number of para-hydroxylation sites is 1. The molecule has 4 nitrogen and oxygen atoms in total. The highest BCUT2D eigenvalue weighted by atomic mass is 16.5. The van der Waals surface area contributed by atoms with E-state index in [9.17, 15) is 9.59 Å². The predicted octanol–water partition coefficient (Wildman–Crippen LogP) is 1.72. The average molecular weight is 219 g/mol. The molecule has 1 amide bonds. The number of hydrogen-bond donors (Lipinski definition) is 1. The van der Waals surface area contributed by atoms with Crippen LogP contribution in [0.5, 0.6) is 0 Å². The largest absolute Gasteiger partial charge is 0.462 e. The van der Waals surface area contributed by atoms with E-state index in [0.29, 0.717) is 5.69 Å². The molecular formula is C12H13NO3. The van der Waals surface area contributed by atoms with E-state index in [1.54, 1.807) is 12.1 Å². The number of benzene rings is 1. The monoisotopic (exact) mass is 219 g/mol. The van der Waals surface area contributed by atoms with Crippen LogP contribution in [0, 0.1) is 0 Å². The van der Waals surface area contributed by atoms with E-state index in [-0.39, 0.29) is 18.4 Å². The van der Waals surface area contributed by atoms with Crippen LogP contribution in [0.4, 0.5) is 5.69 Å². The zero-order valence-corrected chi connectivity index (χ0v) is 8.81. The van der Waals surface area contributed by atoms with Crippen molar-refractivity contribution in [2.24, 2.45) is 0 Å². The molecule has 1 fully saturated rings. The maximum Gasteiger partial charge on any atom is 0.315 e. The number of carbonyl (C=O) groups excluding carboxylic acids is 2. The molecule has 0 heterocycles. The Balaban J connectivity index is 1.77. The Hall–Kier alpha value is -1.84. The van der Waals surface area contributed by atoms with Gasteiger partial charge in [-0.1, -0.05) is 18.2 Å². The molecule has 1 aromatic rings. The zero-order valence-electron chi connectivity index (χ0n) is 8.81. The highest BCUT2D eigenvalue weighted by Gasteiger charge is 2.26. The van der Waals surface area contributed by atoms with Gasteiger partial charge in [0.2, 0.25) is 5.91 Å². The first-order valence-electron chi connectivity index (χ1n) is 5.28. The van der Waals surface area contributed by atoms with Gasteiger partial charge in [-0.05, 0) is 25.0 Å². The molecule has 0 bridgehead atoms. The van der Waals surface area contributed by atoms with Crippen LogP contribution < -0.4 is 5.32 Å². The van der Waals surface area contributed by atoms with Gasteiger partial charge in [-0.3, -0.25) is 9.59 Å². The second-order valence-corrected chi connectivity index (χ2v) is 3.78. The van der Waals surface area contributed by atoms with Gasteiger partial charge >= 0.3 is 5.97 Å². The molecule has 1 aromatic carbocycles. The van der Waals surface area contributed by atoms with Crippen molar-refractivity contribution in [3.8, 4) is 0 Å². The van der Waals surface area contributed by atoms with Crippen LogP contribution in [0.2, 0.25) is 0 Å². The molecule has 0 unspecified atom stereocenters. The topological polar surface area (TPSA) is 55.4 Å². The standard InChI is InChI=1S/C12H13NO3/c14-11(8-12(15)16-10-6-7-10)13-9-4-2-1-3-5-9/h1-5,10H,6-8H2,(H,13,14). The zero-order chi connectivity index (χ0) is 11.4. The number of rotatable bonds is 4. The van der Waals surface area contributed by atoms with E-state index in [0.717, 1.165) is 12.8 Å². The lowest BCUT2D eigenvalue weighted by Crippen LogP contribution is -2.18. The number of nitrogens with one attached hydrogen (secondary N) is 1. The molecule has 0 aromatic heterocycles. The van der Waals surface area contributed by atoms with Crippen LogP contribution in [0.25, 0.3) is 0 Å². The SMILES string of the molecule is O=C(CC(=O)OC1CC1)Nc1ccccc1. The molecule has 1 saturated carbocycles. The second kappa shape index (κ2) is 4.79. The highest BCUT2D eigenvalue weighted by molar-refractivity contribution is 6.01. The van der Waals surface area contributed by atoms with E-state index >= 15 is 0 Å². The summed E-state index contributed by atoms with van der Waals surface area (Å²) in [5.74, 6) is -0.784. The van der Waals surface area contributed by atoms with Crippen molar-refractivity contribution in [2.45, 2.75) is 25.4 Å². The Morgan fingerprint density at radius 1 is 1.25 bits per heavy atom. The molecular weight excluding hydrogens is 206 g/mol. The van der Waals surface area contributed by atoms with Crippen LogP contribution in [0.3, 0.4) is 0 Å². The molecule has 0 radical (unpaired) electrons. The van der Waals surface area contributed by atoms with Gasteiger partial charge in [-0.2, -0.15) is 0 Å². The van der Waals surface area contributed by atoms with Crippen molar-refractivity contribution in [2.75, 3.05) is 5.32 Å². The first-order chi connectivity index (χ1) is 7.74. The quantitative estimate of drug-likeness (QED) is 0.619. The van der Waals surface area contributed by atoms with Gasteiger partial charge in [-0.25, -0.2) is 0 Å². The predicted molar refractivity (Wildman–Crippen MR) is 58.8 cm³/mol. The molecule has 16 heavy (non-hydrogen) atoms. The first-order valence-corrected chi connectivity index (χ1v) is 5.28. The molecule has 0 spiro atoms. The van der Waals surface area contributed by atoms with Crippen molar-refractivity contribution in [1.29, 1.82) is 0 Å². The third kappa shape index (κ3) is 3.38. The average Bonchev–Trinajstić information content (AvgIpc) is 3.02. The van der Waals surface area contributed by atoms with Gasteiger partial charge in [0.05, 0.1) is 0 Å². The summed E-state index contributed by atoms with van der Waals surface area (Å²) in [6, 6.07) is 9.03. The van der Waals surface area contributed by atoms with Crippen molar-refractivity contribution in [3.05, 3.63) is 30.3 Å². The highest BCUT2D eigenvalue weighted by Crippen LogP contribution is 2.23. The third-order valence-electron chi connectivity index (χ3n) is 2.18. The van der Waals surface area contributed by atoms with E-state index in [1.807, 2.05) is 18.2 Å². The minimum atomic E-state index is -0.448. The summed E-state index contributed by atoms with van der Waals surface area (Å²) in [7, 11) is 0. The van der Waals surface area contributed by atoms with Gasteiger partial charge in [0.15, 0.2) is 0 Å². The molecule has 1 aliphatic rings. The van der Waals surface area contributed by atoms with Crippen LogP contribution in [0.15, 0.2) is 30.3 Å². The lowest BCUT2D eigenvalue weighted by atomic mass is 10.3. The number of ether oxygens (including phenoxy) is 1. The fourth-order valence-electron chi connectivity index (χ4n) is 1.27. The molecule has 4 heteroatoms. The van der Waals surface area contributed by atoms with Crippen LogP contribution in [0.1, 0.15) is 19.3 Å². The van der Waals surface area contributed by atoms with Crippen LogP contribution >= 0.6 is 0 Å². The van der Waals surface area contributed by atoms with Gasteiger partial charge in [-0.15, -0.1) is 0 Å². The lowest BCUT2D eigenvalue weighted by Gasteiger charge is -2.04. The second-order valence-electron chi connectivity index (χ2n) is 3.78. The molecule has 1 N–H and O–H groups in total. The van der Waals surface area contributed by atoms with Crippen LogP contribution in [-0.2, 0) is 14.3 Å². The Morgan fingerprint density at radius 3 is 2.56 bits per heavy atom. The summed E-state index contributed by atoms with van der Waals surface area (Å²) in [4.78, 5) is 22.6. The number of hydrogen-bond acceptors (Lipinski definition) is 3. The Morgan fingerprint density at radius 2 is 1.94 bits per heavy atom. The smallest absolute Gasteiger partial charge is 0.315 e. The molecule has 1 aliphatic carbocycles. The molecule has 0 atom stereocenters. The van der Waals surface area contributed by atoms with Crippen molar-refractivity contribution in [3.63, 3.8) is 0 Å². The number of esters is 1. The van der Waals surface area contributed by atoms with E-state index in [4.69, 9.17) is 4.74 Å². The minimum Gasteiger partial charge on any atom is -0.462 e. The fraction of sp³-hybridized carbons (Fsp3) is 0.333. The number of anilines is 1. The van der Waals surface area contributed by atoms with Gasteiger partial charge in [0.25, 0.3) is 0 Å². The summed E-state index contributed by atoms with van der Waals surface area (Å²) in [5.41, 5.74) is 0.687. The summed E-state index contributed by atoms with van der Waals surface area (Å²) < 4.78 is 4.97. The Bertz CT molecular complexity index is 385. The summed E-state index contributed by atoms with van der Waals surface area (Å²) in [6.07, 6.45) is 1.68. The maximum atomic E-state index is 11.4. The first kappa shape index (κ1) is 10.7. The summed E-state index contributed by atoms with van der Waals surface area (Å²) in [5, 5.41) is 2.63. The molecule has 2 rings (SSSR count).